The van der Waals surface area contributed by atoms with Crippen LogP contribution < -0.4 is 10.1 Å². The van der Waals surface area contributed by atoms with E-state index in [0.29, 0.717) is 12.0 Å². The maximum absolute atomic E-state index is 10.9. The molecule has 0 spiro atoms. The van der Waals surface area contributed by atoms with Gasteiger partial charge in [0.1, 0.15) is 11.6 Å². The van der Waals surface area contributed by atoms with Gasteiger partial charge in [-0.05, 0) is 73.9 Å². The number of ether oxygens (including phenoxy) is 1. The molecule has 1 aliphatic carbocycles. The topological polar surface area (TPSA) is 110 Å². The highest BCUT2D eigenvalue weighted by Gasteiger charge is 2.24. The van der Waals surface area contributed by atoms with Crippen molar-refractivity contribution in [3.05, 3.63) is 60.4 Å². The molecule has 5 rings (SSSR count). The summed E-state index contributed by atoms with van der Waals surface area (Å²) >= 11 is 0. The molecular weight excluding hydrogens is 432 g/mol. The van der Waals surface area contributed by atoms with Gasteiger partial charge in [0, 0.05) is 30.1 Å². The minimum absolute atomic E-state index is 0.0389. The molecule has 2 aromatic heterocycles. The lowest BCUT2D eigenvalue weighted by atomic mass is 9.85. The molecular formula is C26H26N4O4. The summed E-state index contributed by atoms with van der Waals surface area (Å²) in [6, 6.07) is 14.6. The molecule has 2 aromatic carbocycles. The molecule has 8 nitrogen and oxygen atoms in total. The second-order valence-electron chi connectivity index (χ2n) is 8.81. The molecule has 0 radical (unpaired) electrons. The number of anilines is 2. The SMILES string of the molecule is Cc1ccc2oc(Nc3ccc(-c4cnc(OC5CCC(CC(=O)O)CC5)nc4)cc3)nc2c1. The van der Waals surface area contributed by atoms with Gasteiger partial charge in [0.15, 0.2) is 5.58 Å². The van der Waals surface area contributed by atoms with E-state index in [2.05, 4.69) is 20.3 Å². The highest BCUT2D eigenvalue weighted by Crippen LogP contribution is 2.29. The normalized spacial score (nSPS) is 18.0. The summed E-state index contributed by atoms with van der Waals surface area (Å²) < 4.78 is 11.7. The van der Waals surface area contributed by atoms with Gasteiger partial charge >= 0.3 is 12.0 Å². The maximum Gasteiger partial charge on any atom is 0.316 e. The molecule has 1 fully saturated rings. The van der Waals surface area contributed by atoms with Crippen molar-refractivity contribution in [3.8, 4) is 17.1 Å². The van der Waals surface area contributed by atoms with Crippen LogP contribution in [0.5, 0.6) is 6.01 Å². The van der Waals surface area contributed by atoms with E-state index in [4.69, 9.17) is 14.3 Å². The van der Waals surface area contributed by atoms with Gasteiger partial charge in [-0.3, -0.25) is 4.79 Å². The zero-order chi connectivity index (χ0) is 23.5. The molecule has 0 aliphatic heterocycles. The molecule has 2 N–H and O–H groups in total. The lowest BCUT2D eigenvalue weighted by Crippen LogP contribution is -2.25. The molecule has 2 heterocycles. The first-order valence-corrected chi connectivity index (χ1v) is 11.5. The highest BCUT2D eigenvalue weighted by molar-refractivity contribution is 5.76. The fourth-order valence-electron chi connectivity index (χ4n) is 4.34. The van der Waals surface area contributed by atoms with E-state index in [1.165, 1.54) is 0 Å². The van der Waals surface area contributed by atoms with Crippen molar-refractivity contribution in [1.82, 2.24) is 15.0 Å². The van der Waals surface area contributed by atoms with Crippen molar-refractivity contribution in [3.63, 3.8) is 0 Å². The summed E-state index contributed by atoms with van der Waals surface area (Å²) in [7, 11) is 0. The number of hydrogen-bond donors (Lipinski definition) is 2. The van der Waals surface area contributed by atoms with Crippen LogP contribution in [0.2, 0.25) is 0 Å². The molecule has 0 atom stereocenters. The Kier molecular flexibility index (Phi) is 6.12. The number of oxazole rings is 1. The minimum Gasteiger partial charge on any atom is -0.481 e. The van der Waals surface area contributed by atoms with E-state index in [9.17, 15) is 4.79 Å². The first kappa shape index (κ1) is 21.9. The predicted octanol–water partition coefficient (Wildman–Crippen LogP) is 5.75. The maximum atomic E-state index is 10.9. The average molecular weight is 459 g/mol. The van der Waals surface area contributed by atoms with Crippen LogP contribution in [0.15, 0.2) is 59.3 Å². The highest BCUT2D eigenvalue weighted by atomic mass is 16.5. The third-order valence-corrected chi connectivity index (χ3v) is 6.17. The van der Waals surface area contributed by atoms with E-state index in [0.717, 1.165) is 59.2 Å². The summed E-state index contributed by atoms with van der Waals surface area (Å²) in [5.41, 5.74) is 5.45. The second kappa shape index (κ2) is 9.51. The van der Waals surface area contributed by atoms with Crippen molar-refractivity contribution in [2.45, 2.75) is 45.1 Å². The van der Waals surface area contributed by atoms with E-state index < -0.39 is 5.97 Å². The lowest BCUT2D eigenvalue weighted by molar-refractivity contribution is -0.138. The average Bonchev–Trinajstić information content (AvgIpc) is 3.22. The minimum atomic E-state index is -0.728. The van der Waals surface area contributed by atoms with Gasteiger partial charge in [-0.1, -0.05) is 18.2 Å². The molecule has 1 aliphatic rings. The molecule has 0 amide bonds. The molecule has 8 heteroatoms. The fraction of sp³-hybridized carbons (Fsp3) is 0.308. The summed E-state index contributed by atoms with van der Waals surface area (Å²) in [5.74, 6) is -0.488. The van der Waals surface area contributed by atoms with Gasteiger partial charge in [-0.15, -0.1) is 0 Å². The number of hydrogen-bond acceptors (Lipinski definition) is 7. The van der Waals surface area contributed by atoms with Crippen LogP contribution in [0, 0.1) is 12.8 Å². The Hall–Kier alpha value is -3.94. The Labute approximate surface area is 197 Å². The fourth-order valence-corrected chi connectivity index (χ4v) is 4.34. The van der Waals surface area contributed by atoms with Crippen LogP contribution in [-0.2, 0) is 4.79 Å². The summed E-state index contributed by atoms with van der Waals surface area (Å²) in [5, 5.41) is 12.1. The van der Waals surface area contributed by atoms with Gasteiger partial charge < -0.3 is 19.6 Å². The number of carboxylic acid groups (broad SMARTS) is 1. The Bertz CT molecular complexity index is 1280. The van der Waals surface area contributed by atoms with Gasteiger partial charge in [0.25, 0.3) is 6.01 Å². The van der Waals surface area contributed by atoms with E-state index in [-0.39, 0.29) is 18.4 Å². The lowest BCUT2D eigenvalue weighted by Gasteiger charge is -2.27. The monoisotopic (exact) mass is 458 g/mol. The first-order chi connectivity index (χ1) is 16.5. The molecule has 34 heavy (non-hydrogen) atoms. The van der Waals surface area contributed by atoms with Crippen molar-refractivity contribution >= 4 is 28.8 Å². The zero-order valence-corrected chi connectivity index (χ0v) is 18.9. The Morgan fingerprint density at radius 1 is 1.06 bits per heavy atom. The van der Waals surface area contributed by atoms with E-state index in [1.54, 1.807) is 12.4 Å². The Balaban J connectivity index is 1.18. The molecule has 174 valence electrons. The number of fused-ring (bicyclic) bond motifs is 1. The zero-order valence-electron chi connectivity index (χ0n) is 18.9. The number of aromatic nitrogens is 3. The van der Waals surface area contributed by atoms with Gasteiger partial charge in [0.2, 0.25) is 0 Å². The summed E-state index contributed by atoms with van der Waals surface area (Å²) in [6.45, 7) is 2.03. The summed E-state index contributed by atoms with van der Waals surface area (Å²) in [4.78, 5) is 24.1. The largest absolute Gasteiger partial charge is 0.481 e. The Morgan fingerprint density at radius 2 is 1.79 bits per heavy atom. The number of rotatable bonds is 7. The Morgan fingerprint density at radius 3 is 2.50 bits per heavy atom. The number of carboxylic acids is 1. The van der Waals surface area contributed by atoms with E-state index >= 15 is 0 Å². The van der Waals surface area contributed by atoms with Crippen LogP contribution in [0.25, 0.3) is 22.2 Å². The van der Waals surface area contributed by atoms with Crippen molar-refractivity contribution < 1.29 is 19.1 Å². The van der Waals surface area contributed by atoms with Crippen molar-refractivity contribution in [2.75, 3.05) is 5.32 Å². The molecule has 1 saturated carbocycles. The van der Waals surface area contributed by atoms with Gasteiger partial charge in [0.05, 0.1) is 0 Å². The number of nitrogens with zero attached hydrogens (tertiary/aromatic N) is 3. The molecule has 4 aromatic rings. The third kappa shape index (κ3) is 5.17. The predicted molar refractivity (Wildman–Crippen MR) is 128 cm³/mol. The third-order valence-electron chi connectivity index (χ3n) is 6.17. The number of aliphatic carboxylic acids is 1. The van der Waals surface area contributed by atoms with Gasteiger partial charge in [-0.25, -0.2) is 9.97 Å². The van der Waals surface area contributed by atoms with Crippen LogP contribution in [0.3, 0.4) is 0 Å². The quantitative estimate of drug-likeness (QED) is 0.360. The van der Waals surface area contributed by atoms with Crippen LogP contribution in [0.4, 0.5) is 11.7 Å². The molecule has 0 unspecified atom stereocenters. The number of carbonyl (C=O) groups is 1. The standard InChI is InChI=1S/C26H26N4O4/c1-16-2-11-23-22(12-16)30-26(34-23)29-20-7-5-18(6-8-20)19-14-27-25(28-15-19)33-21-9-3-17(4-10-21)13-24(31)32/h2,5-8,11-12,14-15,17,21H,3-4,9-10,13H2,1H3,(H,29,30)(H,31,32). The number of benzene rings is 2. The smallest absolute Gasteiger partial charge is 0.316 e. The van der Waals surface area contributed by atoms with E-state index in [1.807, 2.05) is 49.4 Å². The second-order valence-corrected chi connectivity index (χ2v) is 8.81. The molecule has 0 saturated heterocycles. The number of aryl methyl sites for hydroxylation is 1. The van der Waals surface area contributed by atoms with Gasteiger partial charge in [-0.2, -0.15) is 4.98 Å². The van der Waals surface area contributed by atoms with Crippen LogP contribution >= 0.6 is 0 Å². The van der Waals surface area contributed by atoms with Crippen LogP contribution in [0.1, 0.15) is 37.7 Å². The molecule has 0 bridgehead atoms. The van der Waals surface area contributed by atoms with Crippen LogP contribution in [-0.4, -0.2) is 32.1 Å². The van der Waals surface area contributed by atoms with Crippen molar-refractivity contribution in [2.24, 2.45) is 5.92 Å². The summed E-state index contributed by atoms with van der Waals surface area (Å²) in [6.07, 6.45) is 7.16. The van der Waals surface area contributed by atoms with Crippen molar-refractivity contribution in [1.29, 1.82) is 0 Å². The number of nitrogens with one attached hydrogen (secondary N) is 1. The first-order valence-electron chi connectivity index (χ1n) is 11.5.